The van der Waals surface area contributed by atoms with E-state index in [-0.39, 0.29) is 0 Å². The van der Waals surface area contributed by atoms with E-state index in [0.29, 0.717) is 11.8 Å². The Bertz CT molecular complexity index is 267. The third kappa shape index (κ3) is 2.03. The third-order valence-electron chi connectivity index (χ3n) is 2.21. The topological polar surface area (TPSA) is 67.6 Å². The van der Waals surface area contributed by atoms with Gasteiger partial charge in [-0.25, -0.2) is 4.98 Å². The second kappa shape index (κ2) is 4.11. The summed E-state index contributed by atoms with van der Waals surface area (Å²) in [6.45, 7) is 0.449. The molecule has 0 radical (unpaired) electrons. The zero-order valence-corrected chi connectivity index (χ0v) is 8.31. The van der Waals surface area contributed by atoms with Gasteiger partial charge in [-0.15, -0.1) is 0 Å². The second-order valence-corrected chi connectivity index (χ2v) is 4.51. The molecule has 0 amide bonds. The fraction of sp³-hybridized carbons (Fsp3) is 0.750. The normalized spacial score (nSPS) is 23.3. The Morgan fingerprint density at radius 1 is 1.54 bits per heavy atom. The van der Waals surface area contributed by atoms with Crippen molar-refractivity contribution >= 4 is 11.8 Å². The van der Waals surface area contributed by atoms with Crippen molar-refractivity contribution in [2.45, 2.75) is 31.1 Å². The van der Waals surface area contributed by atoms with Gasteiger partial charge in [0.25, 0.3) is 0 Å². The molecule has 2 heterocycles. The fourth-order valence-electron chi connectivity index (χ4n) is 1.49. The van der Waals surface area contributed by atoms with Gasteiger partial charge in [-0.2, -0.15) is 16.9 Å². The highest BCUT2D eigenvalue weighted by molar-refractivity contribution is 7.99. The number of aromatic nitrogens is 3. The van der Waals surface area contributed by atoms with Crippen LogP contribution in [-0.4, -0.2) is 20.9 Å². The molecule has 1 aliphatic rings. The number of aromatic amines is 1. The van der Waals surface area contributed by atoms with Gasteiger partial charge in [0, 0.05) is 0 Å². The number of hydrogen-bond donors (Lipinski definition) is 2. The number of nitrogens with one attached hydrogen (secondary N) is 1. The molecule has 0 aliphatic carbocycles. The van der Waals surface area contributed by atoms with Crippen molar-refractivity contribution in [1.82, 2.24) is 15.2 Å². The van der Waals surface area contributed by atoms with Crippen LogP contribution in [0.3, 0.4) is 0 Å². The van der Waals surface area contributed by atoms with Crippen molar-refractivity contribution in [2.75, 3.05) is 5.75 Å². The van der Waals surface area contributed by atoms with Gasteiger partial charge in [-0.05, 0) is 18.6 Å². The van der Waals surface area contributed by atoms with Gasteiger partial charge in [-0.3, -0.25) is 5.10 Å². The maximum atomic E-state index is 5.45. The average molecular weight is 198 g/mol. The van der Waals surface area contributed by atoms with Crippen LogP contribution in [-0.2, 0) is 6.54 Å². The van der Waals surface area contributed by atoms with Crippen molar-refractivity contribution in [3.63, 3.8) is 0 Å². The zero-order valence-electron chi connectivity index (χ0n) is 7.49. The number of rotatable bonds is 2. The molecule has 5 heteroatoms. The van der Waals surface area contributed by atoms with E-state index in [9.17, 15) is 0 Å². The summed E-state index contributed by atoms with van der Waals surface area (Å²) in [7, 11) is 0. The van der Waals surface area contributed by atoms with E-state index in [4.69, 9.17) is 5.73 Å². The Balaban J connectivity index is 2.05. The van der Waals surface area contributed by atoms with Crippen LogP contribution in [0.2, 0.25) is 0 Å². The summed E-state index contributed by atoms with van der Waals surface area (Å²) in [6.07, 6.45) is 3.83. The van der Waals surface area contributed by atoms with Gasteiger partial charge in [0.15, 0.2) is 5.82 Å². The second-order valence-electron chi connectivity index (χ2n) is 3.20. The van der Waals surface area contributed by atoms with Crippen molar-refractivity contribution in [1.29, 1.82) is 0 Å². The molecule has 0 aromatic carbocycles. The van der Waals surface area contributed by atoms with E-state index in [2.05, 4.69) is 15.2 Å². The Hall–Kier alpha value is -0.550. The van der Waals surface area contributed by atoms with Crippen LogP contribution < -0.4 is 5.73 Å². The molecule has 1 aromatic rings. The molecule has 3 N–H and O–H groups in total. The molecule has 1 aliphatic heterocycles. The largest absolute Gasteiger partial charge is 0.324 e. The summed E-state index contributed by atoms with van der Waals surface area (Å²) in [5.74, 6) is 2.96. The molecule has 0 spiro atoms. The molecule has 72 valence electrons. The zero-order chi connectivity index (χ0) is 9.10. The monoisotopic (exact) mass is 198 g/mol. The number of thioether (sulfide) groups is 1. The Morgan fingerprint density at radius 3 is 3.08 bits per heavy atom. The minimum Gasteiger partial charge on any atom is -0.324 e. The molecule has 13 heavy (non-hydrogen) atoms. The van der Waals surface area contributed by atoms with Crippen molar-refractivity contribution in [2.24, 2.45) is 5.73 Å². The van der Waals surface area contributed by atoms with Crippen LogP contribution in [0.25, 0.3) is 0 Å². The minimum atomic E-state index is 0.449. The lowest BCUT2D eigenvalue weighted by Crippen LogP contribution is -2.04. The minimum absolute atomic E-state index is 0.449. The molecule has 0 saturated carbocycles. The summed E-state index contributed by atoms with van der Waals surface area (Å²) in [6, 6.07) is 0. The molecule has 1 aromatic heterocycles. The van der Waals surface area contributed by atoms with Crippen LogP contribution in [0.4, 0.5) is 0 Å². The van der Waals surface area contributed by atoms with Gasteiger partial charge < -0.3 is 5.73 Å². The number of nitrogens with two attached hydrogens (primary N) is 1. The van der Waals surface area contributed by atoms with Gasteiger partial charge in [-0.1, -0.05) is 6.42 Å². The van der Waals surface area contributed by atoms with Crippen LogP contribution in [0.5, 0.6) is 0 Å². The van der Waals surface area contributed by atoms with Crippen molar-refractivity contribution < 1.29 is 0 Å². The Labute approximate surface area is 81.7 Å². The van der Waals surface area contributed by atoms with E-state index in [1.165, 1.54) is 25.0 Å². The summed E-state index contributed by atoms with van der Waals surface area (Å²) < 4.78 is 0. The quantitative estimate of drug-likeness (QED) is 0.750. The summed E-state index contributed by atoms with van der Waals surface area (Å²) >= 11 is 1.95. The van der Waals surface area contributed by atoms with Gasteiger partial charge in [0.1, 0.15) is 5.82 Å². The number of H-pyrrole nitrogens is 1. The Kier molecular flexibility index (Phi) is 2.85. The molecular formula is C8H14N4S. The molecule has 0 bridgehead atoms. The van der Waals surface area contributed by atoms with E-state index < -0.39 is 0 Å². The van der Waals surface area contributed by atoms with E-state index in [1.807, 2.05) is 11.8 Å². The van der Waals surface area contributed by atoms with Crippen LogP contribution in [0, 0.1) is 0 Å². The SMILES string of the molecule is NCc1nc(C2CCCCS2)n[nH]1. The smallest absolute Gasteiger partial charge is 0.163 e. The summed E-state index contributed by atoms with van der Waals surface area (Å²) in [5, 5.41) is 7.52. The van der Waals surface area contributed by atoms with Crippen LogP contribution in [0.15, 0.2) is 0 Å². The molecule has 1 fully saturated rings. The highest BCUT2D eigenvalue weighted by Crippen LogP contribution is 2.36. The lowest BCUT2D eigenvalue weighted by molar-refractivity contribution is 0.664. The van der Waals surface area contributed by atoms with Crippen molar-refractivity contribution in [3.05, 3.63) is 11.6 Å². The van der Waals surface area contributed by atoms with Gasteiger partial charge in [0.2, 0.25) is 0 Å². The maximum absolute atomic E-state index is 5.45. The highest BCUT2D eigenvalue weighted by Gasteiger charge is 2.19. The molecule has 1 unspecified atom stereocenters. The van der Waals surface area contributed by atoms with Crippen LogP contribution >= 0.6 is 11.8 Å². The van der Waals surface area contributed by atoms with E-state index >= 15 is 0 Å². The average Bonchev–Trinajstić information content (AvgIpc) is 2.67. The predicted octanol–water partition coefficient (Wildman–Crippen LogP) is 1.22. The van der Waals surface area contributed by atoms with Gasteiger partial charge in [0.05, 0.1) is 11.8 Å². The molecular weight excluding hydrogens is 184 g/mol. The first kappa shape index (κ1) is 9.02. The number of nitrogens with zero attached hydrogens (tertiary/aromatic N) is 2. The maximum Gasteiger partial charge on any atom is 0.163 e. The third-order valence-corrected chi connectivity index (χ3v) is 3.58. The molecule has 4 nitrogen and oxygen atoms in total. The number of hydrogen-bond acceptors (Lipinski definition) is 4. The molecule has 2 rings (SSSR count). The lowest BCUT2D eigenvalue weighted by atomic mass is 10.2. The highest BCUT2D eigenvalue weighted by atomic mass is 32.2. The fourth-order valence-corrected chi connectivity index (χ4v) is 2.73. The first-order valence-corrected chi connectivity index (χ1v) is 5.68. The molecule has 1 atom stereocenters. The van der Waals surface area contributed by atoms with Gasteiger partial charge >= 0.3 is 0 Å². The van der Waals surface area contributed by atoms with E-state index in [1.54, 1.807) is 0 Å². The standard InChI is InChI=1S/C8H14N4S/c9-5-7-10-8(12-11-7)6-3-1-2-4-13-6/h6H,1-5,9H2,(H,10,11,12). The van der Waals surface area contributed by atoms with Crippen molar-refractivity contribution in [3.8, 4) is 0 Å². The predicted molar refractivity (Wildman–Crippen MR) is 53.3 cm³/mol. The lowest BCUT2D eigenvalue weighted by Gasteiger charge is -2.17. The first-order valence-electron chi connectivity index (χ1n) is 4.63. The van der Waals surface area contributed by atoms with E-state index in [0.717, 1.165) is 11.6 Å². The molecule has 1 saturated heterocycles. The van der Waals surface area contributed by atoms with Crippen LogP contribution in [0.1, 0.15) is 36.2 Å². The summed E-state index contributed by atoms with van der Waals surface area (Å²) in [4.78, 5) is 4.34. The first-order chi connectivity index (χ1) is 6.40. The Morgan fingerprint density at radius 2 is 2.46 bits per heavy atom. The summed E-state index contributed by atoms with van der Waals surface area (Å²) in [5.41, 5.74) is 5.45.